The van der Waals surface area contributed by atoms with Crippen molar-refractivity contribution in [1.82, 2.24) is 24.7 Å². The molecule has 0 saturated carbocycles. The molecule has 2 aliphatic heterocycles. The quantitative estimate of drug-likeness (QED) is 0.652. The van der Waals surface area contributed by atoms with Gasteiger partial charge in [0, 0.05) is 39.1 Å². The Morgan fingerprint density at radius 1 is 1.22 bits per heavy atom. The predicted molar refractivity (Wildman–Crippen MR) is 137 cm³/mol. The molecule has 2 aromatic rings. The number of rotatable bonds is 6. The Morgan fingerprint density at radius 2 is 1.97 bits per heavy atom. The van der Waals surface area contributed by atoms with Crippen molar-refractivity contribution < 1.29 is 19.1 Å². The zero-order valence-corrected chi connectivity index (χ0v) is 22.1. The molecule has 0 radical (unpaired) electrons. The molecular weight excluding hydrogens is 458 g/mol. The summed E-state index contributed by atoms with van der Waals surface area (Å²) in [6.45, 7) is 12.5. The highest BCUT2D eigenvalue weighted by atomic mass is 16.6. The van der Waals surface area contributed by atoms with E-state index in [-0.39, 0.29) is 35.8 Å². The standard InChI is InChI=1S/C27H39N5O4/c1-18(2)14-32(25(34)24-28-21-9-6-7-10-22(21)29-24)20-13-19(15-30-12-8-11-23(30)33)16-31(17-20)26(35)36-27(3,4)5/h6-7,9-10,18-20H,8,11-17H2,1-5H3,(H,28,29)/t19-,20-/m0/s1. The molecule has 3 heterocycles. The summed E-state index contributed by atoms with van der Waals surface area (Å²) in [5.74, 6) is 0.577. The van der Waals surface area contributed by atoms with Crippen molar-refractivity contribution in [1.29, 1.82) is 0 Å². The highest BCUT2D eigenvalue weighted by Gasteiger charge is 2.39. The number of hydrogen-bond acceptors (Lipinski definition) is 5. The van der Waals surface area contributed by atoms with E-state index in [2.05, 4.69) is 23.8 Å². The van der Waals surface area contributed by atoms with Crippen LogP contribution in [-0.4, -0.2) is 86.9 Å². The second-order valence-electron chi connectivity index (χ2n) is 11.5. The Bertz CT molecular complexity index is 1070. The number of imidazole rings is 1. The minimum atomic E-state index is -0.619. The molecule has 4 rings (SSSR count). The Hall–Kier alpha value is -3.10. The van der Waals surface area contributed by atoms with E-state index in [1.165, 1.54) is 0 Å². The number of carbonyl (C=O) groups excluding carboxylic acids is 3. The van der Waals surface area contributed by atoms with Crippen molar-refractivity contribution in [2.45, 2.75) is 65.5 Å². The summed E-state index contributed by atoms with van der Waals surface area (Å²) in [5.41, 5.74) is 0.941. The fourth-order valence-corrected chi connectivity index (χ4v) is 5.20. The molecule has 36 heavy (non-hydrogen) atoms. The largest absolute Gasteiger partial charge is 0.444 e. The number of amides is 3. The van der Waals surface area contributed by atoms with E-state index < -0.39 is 5.60 Å². The molecule has 1 aromatic carbocycles. The molecule has 2 fully saturated rings. The number of aromatic nitrogens is 2. The maximum atomic E-state index is 13.8. The first kappa shape index (κ1) is 26.0. The van der Waals surface area contributed by atoms with Crippen LogP contribution in [0.2, 0.25) is 0 Å². The van der Waals surface area contributed by atoms with E-state index in [9.17, 15) is 14.4 Å². The van der Waals surface area contributed by atoms with Crippen LogP contribution in [0.3, 0.4) is 0 Å². The van der Waals surface area contributed by atoms with Crippen LogP contribution < -0.4 is 0 Å². The van der Waals surface area contributed by atoms with E-state index in [0.29, 0.717) is 44.8 Å². The van der Waals surface area contributed by atoms with Gasteiger partial charge in [-0.2, -0.15) is 0 Å². The maximum absolute atomic E-state index is 13.8. The average Bonchev–Trinajstić information content (AvgIpc) is 3.41. The van der Waals surface area contributed by atoms with Crippen LogP contribution in [0.4, 0.5) is 4.79 Å². The third kappa shape index (κ3) is 6.17. The number of nitrogens with zero attached hydrogens (tertiary/aromatic N) is 4. The van der Waals surface area contributed by atoms with Crippen molar-refractivity contribution in [3.8, 4) is 0 Å². The van der Waals surface area contributed by atoms with E-state index in [1.54, 1.807) is 4.90 Å². The number of aromatic amines is 1. The fraction of sp³-hybridized carbons (Fsp3) is 0.630. The van der Waals surface area contributed by atoms with Crippen LogP contribution in [-0.2, 0) is 9.53 Å². The fourth-order valence-electron chi connectivity index (χ4n) is 5.20. The van der Waals surface area contributed by atoms with Gasteiger partial charge in [0.1, 0.15) is 5.60 Å². The number of fused-ring (bicyclic) bond motifs is 1. The van der Waals surface area contributed by atoms with Crippen LogP contribution >= 0.6 is 0 Å². The Kier molecular flexibility index (Phi) is 7.57. The number of H-pyrrole nitrogens is 1. The first-order valence-corrected chi connectivity index (χ1v) is 13.0. The average molecular weight is 498 g/mol. The third-order valence-corrected chi connectivity index (χ3v) is 6.67. The summed E-state index contributed by atoms with van der Waals surface area (Å²) in [6.07, 6.45) is 1.78. The van der Waals surface area contributed by atoms with Gasteiger partial charge in [0.25, 0.3) is 5.91 Å². The van der Waals surface area contributed by atoms with E-state index >= 15 is 0 Å². The molecule has 196 valence electrons. The lowest BCUT2D eigenvalue weighted by Gasteiger charge is -2.44. The molecule has 0 aliphatic carbocycles. The highest BCUT2D eigenvalue weighted by Crippen LogP contribution is 2.27. The van der Waals surface area contributed by atoms with Crippen LogP contribution in [0.25, 0.3) is 11.0 Å². The Balaban J connectivity index is 1.61. The van der Waals surface area contributed by atoms with Gasteiger partial charge in [-0.25, -0.2) is 9.78 Å². The molecule has 3 amide bonds. The van der Waals surface area contributed by atoms with E-state index in [0.717, 1.165) is 24.0 Å². The zero-order chi connectivity index (χ0) is 26.0. The van der Waals surface area contributed by atoms with Gasteiger partial charge in [-0.05, 0) is 57.6 Å². The van der Waals surface area contributed by atoms with Crippen molar-refractivity contribution in [2.75, 3.05) is 32.7 Å². The van der Waals surface area contributed by atoms with Crippen molar-refractivity contribution in [2.24, 2.45) is 11.8 Å². The lowest BCUT2D eigenvalue weighted by atomic mass is 9.92. The topological polar surface area (TPSA) is 98.8 Å². The molecular formula is C27H39N5O4. The van der Waals surface area contributed by atoms with Crippen LogP contribution in [0.5, 0.6) is 0 Å². The lowest BCUT2D eigenvalue weighted by Crippen LogP contribution is -2.57. The van der Waals surface area contributed by atoms with Gasteiger partial charge in [0.05, 0.1) is 17.1 Å². The Labute approximate surface area is 213 Å². The van der Waals surface area contributed by atoms with Crippen LogP contribution in [0, 0.1) is 11.8 Å². The molecule has 1 aromatic heterocycles. The second kappa shape index (κ2) is 10.5. The predicted octanol–water partition coefficient (Wildman–Crippen LogP) is 3.91. The van der Waals surface area contributed by atoms with Gasteiger partial charge in [-0.3, -0.25) is 9.59 Å². The maximum Gasteiger partial charge on any atom is 0.410 e. The van der Waals surface area contributed by atoms with Gasteiger partial charge >= 0.3 is 6.09 Å². The van der Waals surface area contributed by atoms with Gasteiger partial charge in [-0.1, -0.05) is 26.0 Å². The monoisotopic (exact) mass is 497 g/mol. The van der Waals surface area contributed by atoms with Crippen molar-refractivity contribution >= 4 is 28.9 Å². The molecule has 2 saturated heterocycles. The minimum absolute atomic E-state index is 0.0523. The SMILES string of the molecule is CC(C)CN(C(=O)c1nc2ccccc2[nH]1)[C@H]1C[C@@H](CN2CCCC2=O)CN(C(=O)OC(C)(C)C)C1. The molecule has 9 nitrogen and oxygen atoms in total. The first-order chi connectivity index (χ1) is 17.0. The number of carbonyl (C=O) groups is 3. The summed E-state index contributed by atoms with van der Waals surface area (Å²) < 4.78 is 5.70. The summed E-state index contributed by atoms with van der Waals surface area (Å²) in [4.78, 5) is 52.4. The first-order valence-electron chi connectivity index (χ1n) is 13.0. The molecule has 2 aliphatic rings. The summed E-state index contributed by atoms with van der Waals surface area (Å²) in [7, 11) is 0. The smallest absolute Gasteiger partial charge is 0.410 e. The Morgan fingerprint density at radius 3 is 2.61 bits per heavy atom. The van der Waals surface area contributed by atoms with Crippen LogP contribution in [0.1, 0.15) is 64.5 Å². The minimum Gasteiger partial charge on any atom is -0.444 e. The molecule has 2 atom stereocenters. The molecule has 9 heteroatoms. The third-order valence-electron chi connectivity index (χ3n) is 6.67. The van der Waals surface area contributed by atoms with Crippen molar-refractivity contribution in [3.05, 3.63) is 30.1 Å². The number of para-hydroxylation sites is 2. The lowest BCUT2D eigenvalue weighted by molar-refractivity contribution is -0.128. The molecule has 0 bridgehead atoms. The molecule has 1 N–H and O–H groups in total. The number of hydrogen-bond donors (Lipinski definition) is 1. The van der Waals surface area contributed by atoms with Crippen molar-refractivity contribution in [3.63, 3.8) is 0 Å². The molecule has 0 spiro atoms. The second-order valence-corrected chi connectivity index (χ2v) is 11.5. The number of ether oxygens (including phenoxy) is 1. The van der Waals surface area contributed by atoms with Crippen LogP contribution in [0.15, 0.2) is 24.3 Å². The van der Waals surface area contributed by atoms with E-state index in [1.807, 2.05) is 54.8 Å². The number of benzene rings is 1. The summed E-state index contributed by atoms with van der Waals surface area (Å²) >= 11 is 0. The molecule has 0 unspecified atom stereocenters. The number of likely N-dealkylation sites (tertiary alicyclic amines) is 2. The van der Waals surface area contributed by atoms with E-state index in [4.69, 9.17) is 4.74 Å². The van der Waals surface area contributed by atoms with Gasteiger partial charge in [-0.15, -0.1) is 0 Å². The van der Waals surface area contributed by atoms with Gasteiger partial charge in [0.15, 0.2) is 5.82 Å². The number of nitrogens with one attached hydrogen (secondary N) is 1. The highest BCUT2D eigenvalue weighted by molar-refractivity contribution is 5.94. The van der Waals surface area contributed by atoms with Gasteiger partial charge < -0.3 is 24.4 Å². The zero-order valence-electron chi connectivity index (χ0n) is 22.1. The number of piperidine rings is 1. The summed E-state index contributed by atoms with van der Waals surface area (Å²) in [5, 5.41) is 0. The van der Waals surface area contributed by atoms with Gasteiger partial charge in [0.2, 0.25) is 5.91 Å². The summed E-state index contributed by atoms with van der Waals surface area (Å²) in [6, 6.07) is 7.37. The normalized spacial score (nSPS) is 20.9.